The molecule has 3 rings (SSSR count). The summed E-state index contributed by atoms with van der Waals surface area (Å²) >= 11 is 5.95. The Morgan fingerprint density at radius 1 is 1.16 bits per heavy atom. The second-order valence-corrected chi connectivity index (χ2v) is 4.30. The Balaban J connectivity index is 1.95. The minimum atomic E-state index is -0.494. The number of esters is 1. The normalized spacial score (nSPS) is 10.6. The summed E-state index contributed by atoms with van der Waals surface area (Å²) < 4.78 is 6.93. The highest BCUT2D eigenvalue weighted by molar-refractivity contribution is 6.32. The number of nitrogens with zero attached hydrogens (tertiary/aromatic N) is 2. The topological polar surface area (TPSA) is 43.6 Å². The maximum absolute atomic E-state index is 12.1. The van der Waals surface area contributed by atoms with Crippen LogP contribution in [0.1, 0.15) is 10.5 Å². The molecule has 0 radical (unpaired) electrons. The quantitative estimate of drug-likeness (QED) is 0.531. The first-order valence-electron chi connectivity index (χ1n) is 5.64. The summed E-state index contributed by atoms with van der Waals surface area (Å²) in [4.78, 5) is 16.2. The minimum Gasteiger partial charge on any atom is -0.420 e. The molecule has 0 atom stereocenters. The molecule has 2 aromatic heterocycles. The first-order chi connectivity index (χ1) is 9.25. The van der Waals surface area contributed by atoms with E-state index in [1.54, 1.807) is 34.9 Å². The molecule has 0 unspecified atom stereocenters. The van der Waals surface area contributed by atoms with Gasteiger partial charge in [-0.3, -0.25) is 4.40 Å². The van der Waals surface area contributed by atoms with E-state index in [9.17, 15) is 4.79 Å². The molecule has 0 aliphatic carbocycles. The molecule has 19 heavy (non-hydrogen) atoms. The van der Waals surface area contributed by atoms with E-state index in [0.717, 1.165) is 0 Å². The highest BCUT2D eigenvalue weighted by Gasteiger charge is 2.15. The smallest absolute Gasteiger partial charge is 0.362 e. The van der Waals surface area contributed by atoms with Crippen LogP contribution in [0.3, 0.4) is 0 Å². The van der Waals surface area contributed by atoms with Gasteiger partial charge in [0, 0.05) is 6.20 Å². The average molecular weight is 273 g/mol. The van der Waals surface area contributed by atoms with Crippen molar-refractivity contribution in [3.63, 3.8) is 0 Å². The Labute approximate surface area is 114 Å². The number of carbonyl (C=O) groups is 1. The van der Waals surface area contributed by atoms with Crippen molar-refractivity contribution in [1.29, 1.82) is 0 Å². The van der Waals surface area contributed by atoms with Crippen LogP contribution in [-0.4, -0.2) is 15.4 Å². The summed E-state index contributed by atoms with van der Waals surface area (Å²) in [5.74, 6) is -0.160. The fourth-order valence-electron chi connectivity index (χ4n) is 1.76. The van der Waals surface area contributed by atoms with E-state index in [-0.39, 0.29) is 0 Å². The zero-order chi connectivity index (χ0) is 13.2. The molecular formula is C14H9ClN2O2. The summed E-state index contributed by atoms with van der Waals surface area (Å²) in [6, 6.07) is 12.3. The van der Waals surface area contributed by atoms with E-state index < -0.39 is 5.97 Å². The molecule has 2 heterocycles. The second-order valence-electron chi connectivity index (χ2n) is 3.89. The Hall–Kier alpha value is -2.33. The molecule has 0 aliphatic rings. The lowest BCUT2D eigenvalue weighted by molar-refractivity contribution is 0.0727. The molecule has 0 saturated heterocycles. The van der Waals surface area contributed by atoms with Crippen molar-refractivity contribution >= 4 is 23.2 Å². The van der Waals surface area contributed by atoms with Crippen molar-refractivity contribution in [2.45, 2.75) is 0 Å². The van der Waals surface area contributed by atoms with Crippen LogP contribution in [0, 0.1) is 0 Å². The third-order valence-corrected chi connectivity index (χ3v) is 2.98. The van der Waals surface area contributed by atoms with Crippen molar-refractivity contribution < 1.29 is 9.53 Å². The van der Waals surface area contributed by atoms with Gasteiger partial charge in [0.25, 0.3) is 0 Å². The van der Waals surface area contributed by atoms with E-state index >= 15 is 0 Å². The molecule has 5 heteroatoms. The Morgan fingerprint density at radius 3 is 2.79 bits per heavy atom. The van der Waals surface area contributed by atoms with Crippen molar-refractivity contribution in [3.8, 4) is 5.75 Å². The number of para-hydroxylation sites is 1. The number of carbonyl (C=O) groups excluding carboxylic acids is 1. The monoisotopic (exact) mass is 272 g/mol. The summed E-state index contributed by atoms with van der Waals surface area (Å²) in [6.45, 7) is 0. The molecule has 0 fully saturated rings. The Kier molecular flexibility index (Phi) is 2.93. The van der Waals surface area contributed by atoms with Gasteiger partial charge in [0.2, 0.25) is 0 Å². The number of aromatic nitrogens is 2. The summed E-state index contributed by atoms with van der Waals surface area (Å²) in [5, 5.41) is 0.393. The molecule has 4 nitrogen and oxygen atoms in total. The molecule has 0 spiro atoms. The third-order valence-electron chi connectivity index (χ3n) is 2.67. The molecule has 0 saturated carbocycles. The van der Waals surface area contributed by atoms with Crippen LogP contribution in [0.5, 0.6) is 5.75 Å². The van der Waals surface area contributed by atoms with Gasteiger partial charge in [0.15, 0.2) is 5.69 Å². The highest BCUT2D eigenvalue weighted by atomic mass is 35.5. The van der Waals surface area contributed by atoms with E-state index in [2.05, 4.69) is 4.98 Å². The largest absolute Gasteiger partial charge is 0.420 e. The van der Waals surface area contributed by atoms with Crippen LogP contribution in [0.2, 0.25) is 5.02 Å². The summed E-state index contributed by atoms with van der Waals surface area (Å²) in [6.07, 6.45) is 3.24. The highest BCUT2D eigenvalue weighted by Crippen LogP contribution is 2.24. The van der Waals surface area contributed by atoms with E-state index in [1.165, 1.54) is 6.20 Å². The van der Waals surface area contributed by atoms with Gasteiger partial charge >= 0.3 is 5.97 Å². The van der Waals surface area contributed by atoms with Crippen LogP contribution < -0.4 is 4.74 Å². The lowest BCUT2D eigenvalue weighted by Gasteiger charge is -2.05. The molecule has 0 N–H and O–H groups in total. The van der Waals surface area contributed by atoms with E-state index in [1.807, 2.05) is 18.2 Å². The SMILES string of the molecule is O=C(Oc1ccccc1Cl)c1cnc2ccccn12. The van der Waals surface area contributed by atoms with E-state index in [0.29, 0.717) is 22.1 Å². The van der Waals surface area contributed by atoms with Crippen LogP contribution in [0.25, 0.3) is 5.65 Å². The van der Waals surface area contributed by atoms with Crippen molar-refractivity contribution in [1.82, 2.24) is 9.38 Å². The van der Waals surface area contributed by atoms with Gasteiger partial charge in [-0.25, -0.2) is 9.78 Å². The van der Waals surface area contributed by atoms with Crippen LogP contribution in [0.15, 0.2) is 54.9 Å². The number of hydrogen-bond donors (Lipinski definition) is 0. The molecule has 3 aromatic rings. The van der Waals surface area contributed by atoms with Crippen molar-refractivity contribution in [2.24, 2.45) is 0 Å². The van der Waals surface area contributed by atoms with Gasteiger partial charge in [-0.15, -0.1) is 0 Å². The third kappa shape index (κ3) is 2.18. The van der Waals surface area contributed by atoms with Crippen LogP contribution >= 0.6 is 11.6 Å². The number of pyridine rings is 1. The van der Waals surface area contributed by atoms with Crippen LogP contribution in [0.4, 0.5) is 0 Å². The second kappa shape index (κ2) is 4.74. The summed E-state index contributed by atoms with van der Waals surface area (Å²) in [7, 11) is 0. The molecule has 0 bridgehead atoms. The number of halogens is 1. The molecular weight excluding hydrogens is 264 g/mol. The lowest BCUT2D eigenvalue weighted by Crippen LogP contribution is -2.11. The Morgan fingerprint density at radius 2 is 1.95 bits per heavy atom. The minimum absolute atomic E-state index is 0.333. The molecule has 0 amide bonds. The maximum atomic E-state index is 12.1. The predicted octanol–water partition coefficient (Wildman–Crippen LogP) is 3.21. The molecule has 1 aromatic carbocycles. The average Bonchev–Trinajstić information content (AvgIpc) is 2.85. The van der Waals surface area contributed by atoms with Gasteiger partial charge in [0.05, 0.1) is 11.2 Å². The standard InChI is InChI=1S/C14H9ClN2O2/c15-10-5-1-2-6-12(10)19-14(18)11-9-16-13-7-3-4-8-17(11)13/h1-9H. The molecule has 94 valence electrons. The summed E-state index contributed by atoms with van der Waals surface area (Å²) in [5.41, 5.74) is 1.05. The zero-order valence-electron chi connectivity index (χ0n) is 9.79. The van der Waals surface area contributed by atoms with Gasteiger partial charge < -0.3 is 4.74 Å². The van der Waals surface area contributed by atoms with Crippen molar-refractivity contribution in [3.05, 3.63) is 65.6 Å². The van der Waals surface area contributed by atoms with Gasteiger partial charge in [-0.1, -0.05) is 29.8 Å². The predicted molar refractivity (Wildman–Crippen MR) is 71.6 cm³/mol. The van der Waals surface area contributed by atoms with Crippen LogP contribution in [-0.2, 0) is 0 Å². The number of benzene rings is 1. The van der Waals surface area contributed by atoms with Crippen molar-refractivity contribution in [2.75, 3.05) is 0 Å². The first kappa shape index (κ1) is 11.7. The number of hydrogen-bond acceptors (Lipinski definition) is 3. The maximum Gasteiger partial charge on any atom is 0.362 e. The number of ether oxygens (including phenoxy) is 1. The number of imidazole rings is 1. The van der Waals surface area contributed by atoms with Gasteiger partial charge in [-0.2, -0.15) is 0 Å². The Bertz CT molecular complexity index is 752. The number of rotatable bonds is 2. The fourth-order valence-corrected chi connectivity index (χ4v) is 1.94. The first-order valence-corrected chi connectivity index (χ1v) is 6.02. The lowest BCUT2D eigenvalue weighted by atomic mass is 10.3. The zero-order valence-corrected chi connectivity index (χ0v) is 10.5. The van der Waals surface area contributed by atoms with E-state index in [4.69, 9.17) is 16.3 Å². The van der Waals surface area contributed by atoms with Gasteiger partial charge in [0.1, 0.15) is 11.4 Å². The molecule has 0 aliphatic heterocycles. The number of fused-ring (bicyclic) bond motifs is 1. The fraction of sp³-hybridized carbons (Fsp3) is 0. The van der Waals surface area contributed by atoms with Gasteiger partial charge in [-0.05, 0) is 24.3 Å².